The lowest BCUT2D eigenvalue weighted by molar-refractivity contribution is -0.123. The van der Waals surface area contributed by atoms with Gasteiger partial charge < -0.3 is 15.5 Å². The van der Waals surface area contributed by atoms with Gasteiger partial charge in [0.2, 0.25) is 5.91 Å². The molecule has 20 heavy (non-hydrogen) atoms. The van der Waals surface area contributed by atoms with Crippen LogP contribution in [0.3, 0.4) is 0 Å². The summed E-state index contributed by atoms with van der Waals surface area (Å²) in [6.45, 7) is 7.69. The molecule has 0 aromatic rings. The van der Waals surface area contributed by atoms with Crippen LogP contribution in [0.2, 0.25) is 0 Å². The Kier molecular flexibility index (Phi) is 3.80. The van der Waals surface area contributed by atoms with Crippen LogP contribution in [-0.4, -0.2) is 50.6 Å². The molecule has 2 aliphatic heterocycles. The Bertz CT molecular complexity index is 368. The smallest absolute Gasteiger partial charge is 0.223 e. The molecule has 4 heteroatoms. The van der Waals surface area contributed by atoms with Crippen molar-refractivity contribution in [2.24, 2.45) is 16.7 Å². The van der Waals surface area contributed by atoms with E-state index >= 15 is 0 Å². The van der Waals surface area contributed by atoms with Crippen molar-refractivity contribution >= 4 is 5.91 Å². The first kappa shape index (κ1) is 14.3. The Morgan fingerprint density at radius 3 is 2.55 bits per heavy atom. The minimum absolute atomic E-state index is 0.304. The number of carbonyl (C=O) groups is 1. The molecule has 1 unspecified atom stereocenters. The fourth-order valence-corrected chi connectivity index (χ4v) is 3.95. The predicted molar refractivity (Wildman–Crippen MR) is 80.5 cm³/mol. The fourth-order valence-electron chi connectivity index (χ4n) is 3.95. The number of rotatable bonds is 3. The van der Waals surface area contributed by atoms with E-state index in [0.717, 1.165) is 39.1 Å². The van der Waals surface area contributed by atoms with Crippen molar-refractivity contribution in [3.05, 3.63) is 0 Å². The molecule has 0 aromatic heterocycles. The van der Waals surface area contributed by atoms with Gasteiger partial charge in [0.1, 0.15) is 0 Å². The molecule has 0 radical (unpaired) electrons. The average Bonchev–Trinajstić information content (AvgIpc) is 3.14. The Morgan fingerprint density at radius 2 is 1.90 bits per heavy atom. The zero-order valence-electron chi connectivity index (χ0n) is 13.0. The highest BCUT2D eigenvalue weighted by Gasteiger charge is 2.57. The van der Waals surface area contributed by atoms with Crippen LogP contribution in [0.25, 0.3) is 0 Å². The maximum Gasteiger partial charge on any atom is 0.223 e. The molecule has 3 fully saturated rings. The van der Waals surface area contributed by atoms with Crippen LogP contribution in [0.5, 0.6) is 0 Å². The molecular weight excluding hydrogens is 250 g/mol. The number of amides is 1. The first-order valence-electron chi connectivity index (χ1n) is 8.20. The summed E-state index contributed by atoms with van der Waals surface area (Å²) in [6, 6.07) is 0. The highest BCUT2D eigenvalue weighted by atomic mass is 16.2. The summed E-state index contributed by atoms with van der Waals surface area (Å²) < 4.78 is 0. The van der Waals surface area contributed by atoms with Crippen LogP contribution in [0.1, 0.15) is 39.0 Å². The molecule has 2 N–H and O–H groups in total. The van der Waals surface area contributed by atoms with Crippen LogP contribution < -0.4 is 10.6 Å². The van der Waals surface area contributed by atoms with Gasteiger partial charge in [0.15, 0.2) is 0 Å². The van der Waals surface area contributed by atoms with Crippen LogP contribution in [-0.2, 0) is 4.79 Å². The maximum atomic E-state index is 12.4. The lowest BCUT2D eigenvalue weighted by atomic mass is 9.80. The number of nitrogens with zero attached hydrogens (tertiary/aromatic N) is 1. The van der Waals surface area contributed by atoms with E-state index in [2.05, 4.69) is 29.5 Å². The van der Waals surface area contributed by atoms with Crippen LogP contribution >= 0.6 is 0 Å². The molecule has 0 aromatic carbocycles. The van der Waals surface area contributed by atoms with Gasteiger partial charge >= 0.3 is 0 Å². The van der Waals surface area contributed by atoms with E-state index in [1.807, 2.05) is 0 Å². The lowest BCUT2D eigenvalue weighted by Gasteiger charge is -2.38. The van der Waals surface area contributed by atoms with Crippen molar-refractivity contribution in [3.63, 3.8) is 0 Å². The summed E-state index contributed by atoms with van der Waals surface area (Å²) in [5.41, 5.74) is 0.668. The molecule has 1 saturated carbocycles. The van der Waals surface area contributed by atoms with Crippen LogP contribution in [0.4, 0.5) is 0 Å². The highest BCUT2D eigenvalue weighted by Crippen LogP contribution is 2.58. The number of likely N-dealkylation sites (tertiary alicyclic amines) is 1. The standard InChI is InChI=1S/C16H29N3O/c1-15(5-9-19(2)10-6-15)12-18-14(20)13-11-16(13)3-7-17-8-4-16/h13,17H,3-12H2,1-2H3,(H,18,20). The molecule has 3 aliphatic rings. The minimum Gasteiger partial charge on any atom is -0.355 e. The summed E-state index contributed by atoms with van der Waals surface area (Å²) in [7, 11) is 2.18. The topological polar surface area (TPSA) is 44.4 Å². The molecule has 2 heterocycles. The molecule has 1 aliphatic carbocycles. The van der Waals surface area contributed by atoms with Crippen molar-refractivity contribution < 1.29 is 4.79 Å². The van der Waals surface area contributed by atoms with Gasteiger partial charge in [-0.15, -0.1) is 0 Å². The van der Waals surface area contributed by atoms with E-state index in [1.165, 1.54) is 25.7 Å². The minimum atomic E-state index is 0.304. The van der Waals surface area contributed by atoms with E-state index < -0.39 is 0 Å². The lowest BCUT2D eigenvalue weighted by Crippen LogP contribution is -2.44. The van der Waals surface area contributed by atoms with Gasteiger partial charge in [-0.1, -0.05) is 6.92 Å². The molecule has 1 amide bonds. The van der Waals surface area contributed by atoms with Gasteiger partial charge in [-0.05, 0) is 76.2 Å². The Morgan fingerprint density at radius 1 is 1.25 bits per heavy atom. The number of piperidine rings is 2. The zero-order valence-corrected chi connectivity index (χ0v) is 13.0. The Labute approximate surface area is 122 Å². The normalized spacial score (nSPS) is 32.0. The Balaban J connectivity index is 1.46. The number of hydrogen-bond donors (Lipinski definition) is 2. The third-order valence-electron chi connectivity index (χ3n) is 5.99. The van der Waals surface area contributed by atoms with Crippen molar-refractivity contribution in [1.29, 1.82) is 0 Å². The van der Waals surface area contributed by atoms with Crippen molar-refractivity contribution in [2.45, 2.75) is 39.0 Å². The second kappa shape index (κ2) is 5.30. The van der Waals surface area contributed by atoms with Crippen molar-refractivity contribution in [3.8, 4) is 0 Å². The molecule has 1 spiro atoms. The highest BCUT2D eigenvalue weighted by molar-refractivity contribution is 5.82. The quantitative estimate of drug-likeness (QED) is 0.816. The molecule has 0 bridgehead atoms. The first-order valence-corrected chi connectivity index (χ1v) is 8.20. The SMILES string of the molecule is CN1CCC(C)(CNC(=O)C2CC23CCNCC3)CC1. The second-order valence-corrected chi connectivity index (χ2v) is 7.70. The second-order valence-electron chi connectivity index (χ2n) is 7.70. The molecule has 4 nitrogen and oxygen atoms in total. The number of hydrogen-bond acceptors (Lipinski definition) is 3. The predicted octanol–water partition coefficient (Wildman–Crippen LogP) is 1.22. The van der Waals surface area contributed by atoms with Crippen molar-refractivity contribution in [2.75, 3.05) is 39.8 Å². The number of nitrogens with one attached hydrogen (secondary N) is 2. The monoisotopic (exact) mass is 279 g/mol. The van der Waals surface area contributed by atoms with Gasteiger partial charge in [0.25, 0.3) is 0 Å². The Hall–Kier alpha value is -0.610. The van der Waals surface area contributed by atoms with Gasteiger partial charge in [-0.25, -0.2) is 0 Å². The van der Waals surface area contributed by atoms with Crippen molar-refractivity contribution in [1.82, 2.24) is 15.5 Å². The van der Waals surface area contributed by atoms with E-state index in [0.29, 0.717) is 22.7 Å². The van der Waals surface area contributed by atoms with Crippen LogP contribution in [0.15, 0.2) is 0 Å². The maximum absolute atomic E-state index is 12.4. The van der Waals surface area contributed by atoms with E-state index in [4.69, 9.17) is 0 Å². The number of carbonyl (C=O) groups excluding carboxylic acids is 1. The van der Waals surface area contributed by atoms with Gasteiger partial charge in [0.05, 0.1) is 0 Å². The average molecular weight is 279 g/mol. The summed E-state index contributed by atoms with van der Waals surface area (Å²) in [5, 5.41) is 6.66. The molecule has 2 saturated heterocycles. The molecular formula is C16H29N3O. The summed E-state index contributed by atoms with van der Waals surface area (Å²) in [6.07, 6.45) is 5.90. The first-order chi connectivity index (χ1) is 9.53. The largest absolute Gasteiger partial charge is 0.355 e. The van der Waals surface area contributed by atoms with Crippen LogP contribution in [0, 0.1) is 16.7 Å². The van der Waals surface area contributed by atoms with E-state index in [-0.39, 0.29) is 0 Å². The third kappa shape index (κ3) is 2.86. The van der Waals surface area contributed by atoms with Gasteiger partial charge in [-0.3, -0.25) is 4.79 Å². The summed E-state index contributed by atoms with van der Waals surface area (Å²) in [4.78, 5) is 14.8. The van der Waals surface area contributed by atoms with E-state index in [1.54, 1.807) is 0 Å². The van der Waals surface area contributed by atoms with Gasteiger partial charge in [-0.2, -0.15) is 0 Å². The third-order valence-corrected chi connectivity index (χ3v) is 5.99. The summed E-state index contributed by atoms with van der Waals surface area (Å²) >= 11 is 0. The fraction of sp³-hybridized carbons (Fsp3) is 0.938. The molecule has 3 rings (SSSR count). The van der Waals surface area contributed by atoms with E-state index in [9.17, 15) is 4.79 Å². The van der Waals surface area contributed by atoms with Gasteiger partial charge in [0, 0.05) is 12.5 Å². The molecule has 114 valence electrons. The summed E-state index contributed by atoms with van der Waals surface area (Å²) in [5.74, 6) is 0.631. The zero-order chi connectivity index (χ0) is 14.2. The molecule has 1 atom stereocenters.